The molecule has 4 amide bonds. The molecule has 0 aromatic carbocycles. The summed E-state index contributed by atoms with van der Waals surface area (Å²) in [5.74, 6) is -0.408. The van der Waals surface area contributed by atoms with Crippen molar-refractivity contribution in [1.29, 1.82) is 0 Å². The van der Waals surface area contributed by atoms with E-state index in [1.807, 2.05) is 12.2 Å². The Morgan fingerprint density at radius 3 is 1.53 bits per heavy atom. The fourth-order valence-corrected chi connectivity index (χ4v) is 2.38. The first-order valence-electron chi connectivity index (χ1n) is 14.1. The summed E-state index contributed by atoms with van der Waals surface area (Å²) in [5.41, 5.74) is -0.560. The first-order chi connectivity index (χ1) is 17.0. The highest BCUT2D eigenvalue weighted by atomic mass is 16.6. The average Bonchev–Trinajstić information content (AvgIpc) is 2.77. The zero-order valence-electron chi connectivity index (χ0n) is 26.0. The molecule has 0 fully saturated rings. The predicted octanol–water partition coefficient (Wildman–Crippen LogP) is 5.59. The van der Waals surface area contributed by atoms with Gasteiger partial charge in [0.1, 0.15) is 5.60 Å². The van der Waals surface area contributed by atoms with Crippen LogP contribution in [0.5, 0.6) is 0 Å². The third-order valence-corrected chi connectivity index (χ3v) is 4.47. The van der Waals surface area contributed by atoms with Gasteiger partial charge in [0.15, 0.2) is 0 Å². The molecular formula is C26H53N3O5. The van der Waals surface area contributed by atoms with Gasteiger partial charge in [0.25, 0.3) is 0 Å². The maximum absolute atomic E-state index is 11.6. The van der Waals surface area contributed by atoms with Crippen molar-refractivity contribution in [2.24, 2.45) is 0 Å². The van der Waals surface area contributed by atoms with E-state index in [0.29, 0.717) is 19.3 Å². The number of rotatable bonds is 12. The molecule has 2 N–H and O–H groups in total. The van der Waals surface area contributed by atoms with Crippen LogP contribution >= 0.6 is 0 Å². The van der Waals surface area contributed by atoms with Crippen molar-refractivity contribution in [1.82, 2.24) is 15.5 Å². The summed E-state index contributed by atoms with van der Waals surface area (Å²) in [6.45, 7) is 9.23. The summed E-state index contributed by atoms with van der Waals surface area (Å²) < 4.78 is 25.3. The number of nitrogens with one attached hydrogen (secondary N) is 2. The molecule has 202 valence electrons. The Balaban J connectivity index is -0.000000490. The zero-order valence-corrected chi connectivity index (χ0v) is 23.0. The Kier molecular flexibility index (Phi) is 21.1. The van der Waals surface area contributed by atoms with E-state index in [9.17, 15) is 19.2 Å². The number of imide groups is 1. The number of amides is 4. The minimum absolute atomic E-state index is 0.156. The van der Waals surface area contributed by atoms with Crippen LogP contribution < -0.4 is 10.6 Å². The Morgan fingerprint density at radius 1 is 0.765 bits per heavy atom. The molecule has 0 saturated heterocycles. The van der Waals surface area contributed by atoms with E-state index in [-0.39, 0.29) is 17.7 Å². The Hall–Kier alpha value is -2.12. The lowest BCUT2D eigenvalue weighted by molar-refractivity contribution is -0.129. The highest BCUT2D eigenvalue weighted by Crippen LogP contribution is 2.10. The zero-order chi connectivity index (χ0) is 29.5. The predicted molar refractivity (Wildman–Crippen MR) is 140 cm³/mol. The van der Waals surface area contributed by atoms with Gasteiger partial charge in [-0.3, -0.25) is 19.3 Å². The number of ether oxygens (including phenoxy) is 1. The number of carbonyl (C=O) groups excluding carboxylic acids is 4. The van der Waals surface area contributed by atoms with Crippen LogP contribution in [0, 0.1) is 0 Å². The SMILES string of the molecule is CCCCCC(=O)N(C)C(=O)OC(C)(C)C.CCCCCC(=O)NC.[2H]C([2H])([2H])NC(=O)CCCCC. The minimum atomic E-state index is -2.33. The molecule has 0 spiro atoms. The third kappa shape index (κ3) is 27.9. The van der Waals surface area contributed by atoms with E-state index in [2.05, 4.69) is 19.2 Å². The van der Waals surface area contributed by atoms with E-state index in [1.165, 1.54) is 13.5 Å². The molecule has 0 radical (unpaired) electrons. The molecule has 0 aromatic heterocycles. The Labute approximate surface area is 213 Å². The molecule has 0 atom stereocenters. The van der Waals surface area contributed by atoms with E-state index in [1.54, 1.807) is 27.8 Å². The van der Waals surface area contributed by atoms with Crippen LogP contribution in [0.15, 0.2) is 0 Å². The monoisotopic (exact) mass is 490 g/mol. The van der Waals surface area contributed by atoms with Crippen molar-refractivity contribution >= 4 is 23.8 Å². The molecule has 0 unspecified atom stereocenters. The summed E-state index contributed by atoms with van der Waals surface area (Å²) in [7, 11) is 3.14. The highest BCUT2D eigenvalue weighted by molar-refractivity contribution is 5.91. The van der Waals surface area contributed by atoms with Gasteiger partial charge >= 0.3 is 6.09 Å². The summed E-state index contributed by atoms with van der Waals surface area (Å²) in [4.78, 5) is 45.6. The number of nitrogens with zero attached hydrogens (tertiary/aromatic N) is 1. The van der Waals surface area contributed by atoms with Gasteiger partial charge in [0.05, 0.1) is 0 Å². The molecule has 0 aliphatic rings. The van der Waals surface area contributed by atoms with Gasteiger partial charge in [-0.25, -0.2) is 4.79 Å². The lowest BCUT2D eigenvalue weighted by atomic mass is 10.2. The van der Waals surface area contributed by atoms with E-state index in [4.69, 9.17) is 8.85 Å². The molecule has 0 bridgehead atoms. The van der Waals surface area contributed by atoms with Crippen LogP contribution in [0.2, 0.25) is 0 Å². The normalized spacial score (nSPS) is 11.7. The van der Waals surface area contributed by atoms with Gasteiger partial charge in [-0.1, -0.05) is 59.3 Å². The lowest BCUT2D eigenvalue weighted by Gasteiger charge is -2.23. The summed E-state index contributed by atoms with van der Waals surface area (Å²) >= 11 is 0. The van der Waals surface area contributed by atoms with Gasteiger partial charge in [-0.05, 0) is 40.0 Å². The molecule has 0 saturated carbocycles. The summed E-state index contributed by atoms with van der Waals surface area (Å²) in [6, 6.07) is 0. The fourth-order valence-electron chi connectivity index (χ4n) is 2.38. The average molecular weight is 491 g/mol. The van der Waals surface area contributed by atoms with Crippen LogP contribution in [0.25, 0.3) is 0 Å². The standard InChI is InChI=1S/C12H23NO3.2C7H15NO/c1-6-7-8-9-10(14)13(5)11(15)16-12(2,3)4;2*1-3-4-5-6-7(9)8-2/h6-9H2,1-5H3;2*3-6H2,1-2H3,(H,8,9)/i;2D3;. The molecule has 0 aliphatic heterocycles. The second-order valence-electron chi connectivity index (χ2n) is 9.03. The first-order valence-corrected chi connectivity index (χ1v) is 12.6. The molecular weight excluding hydrogens is 434 g/mol. The second kappa shape index (κ2) is 24.0. The summed E-state index contributed by atoms with van der Waals surface area (Å²) in [6.07, 6.45) is 9.84. The van der Waals surface area contributed by atoms with E-state index < -0.39 is 18.7 Å². The van der Waals surface area contributed by atoms with Crippen LogP contribution in [0.4, 0.5) is 4.79 Å². The van der Waals surface area contributed by atoms with Crippen molar-refractivity contribution in [3.8, 4) is 0 Å². The Bertz CT molecular complexity index is 636. The number of unbranched alkanes of at least 4 members (excludes halogenated alkanes) is 6. The van der Waals surface area contributed by atoms with Crippen molar-refractivity contribution < 1.29 is 28.0 Å². The van der Waals surface area contributed by atoms with Crippen LogP contribution in [0.1, 0.15) is 123 Å². The molecule has 0 rings (SSSR count). The highest BCUT2D eigenvalue weighted by Gasteiger charge is 2.23. The maximum Gasteiger partial charge on any atom is 0.416 e. The lowest BCUT2D eigenvalue weighted by Crippen LogP contribution is -2.37. The van der Waals surface area contributed by atoms with Gasteiger partial charge in [-0.15, -0.1) is 0 Å². The van der Waals surface area contributed by atoms with Crippen LogP contribution in [-0.4, -0.2) is 55.4 Å². The molecule has 34 heavy (non-hydrogen) atoms. The van der Waals surface area contributed by atoms with Gasteiger partial charge in [-0.2, -0.15) is 0 Å². The largest absolute Gasteiger partial charge is 0.443 e. The maximum atomic E-state index is 11.6. The van der Waals surface area contributed by atoms with Gasteiger partial charge < -0.3 is 15.4 Å². The van der Waals surface area contributed by atoms with Crippen molar-refractivity contribution in [3.05, 3.63) is 0 Å². The number of hydrogen-bond donors (Lipinski definition) is 2. The van der Waals surface area contributed by atoms with Crippen molar-refractivity contribution in [2.75, 3.05) is 21.1 Å². The number of hydrogen-bond acceptors (Lipinski definition) is 5. The summed E-state index contributed by atoms with van der Waals surface area (Å²) in [5, 5.41) is 4.52. The smallest absolute Gasteiger partial charge is 0.416 e. The molecule has 0 heterocycles. The van der Waals surface area contributed by atoms with Crippen LogP contribution in [0.3, 0.4) is 0 Å². The van der Waals surface area contributed by atoms with Crippen LogP contribution in [-0.2, 0) is 19.1 Å². The Morgan fingerprint density at radius 2 is 1.18 bits per heavy atom. The quantitative estimate of drug-likeness (QED) is 0.347. The fraction of sp³-hybridized carbons (Fsp3) is 0.846. The topological polar surface area (TPSA) is 105 Å². The van der Waals surface area contributed by atoms with Gasteiger partial charge in [0, 0.05) is 44.4 Å². The third-order valence-electron chi connectivity index (χ3n) is 4.47. The molecule has 8 nitrogen and oxygen atoms in total. The van der Waals surface area contributed by atoms with Crippen molar-refractivity contribution in [3.63, 3.8) is 0 Å². The minimum Gasteiger partial charge on any atom is -0.443 e. The van der Waals surface area contributed by atoms with E-state index >= 15 is 0 Å². The molecule has 0 aliphatic carbocycles. The van der Waals surface area contributed by atoms with E-state index in [0.717, 1.165) is 56.3 Å². The second-order valence-corrected chi connectivity index (χ2v) is 9.03. The van der Waals surface area contributed by atoms with Gasteiger partial charge in [0.2, 0.25) is 17.7 Å². The molecule has 0 aromatic rings. The van der Waals surface area contributed by atoms with Crippen molar-refractivity contribution in [2.45, 2.75) is 124 Å². The number of carbonyl (C=O) groups is 4. The molecule has 8 heteroatoms. The first kappa shape index (κ1) is 29.9.